The number of para-hydroxylation sites is 2. The lowest BCUT2D eigenvalue weighted by Crippen LogP contribution is -2.25. The molecule has 0 saturated heterocycles. The van der Waals surface area contributed by atoms with Gasteiger partial charge in [0, 0.05) is 12.6 Å². The average molecular weight is 229 g/mol. The normalized spacial score (nSPS) is 12.8. The second-order valence-corrected chi connectivity index (χ2v) is 4.42. The summed E-state index contributed by atoms with van der Waals surface area (Å²) in [5.41, 5.74) is 2.93. The van der Waals surface area contributed by atoms with Gasteiger partial charge in [-0.15, -0.1) is 0 Å². The number of hydrogen-bond donors (Lipinski definition) is 1. The van der Waals surface area contributed by atoms with Crippen LogP contribution in [0, 0.1) is 0 Å². The van der Waals surface area contributed by atoms with Gasteiger partial charge in [0.05, 0.1) is 22.9 Å². The van der Waals surface area contributed by atoms with Gasteiger partial charge in [-0.25, -0.2) is 4.98 Å². The number of rotatable bonds is 5. The average Bonchev–Trinajstić information content (AvgIpc) is 2.36. The summed E-state index contributed by atoms with van der Waals surface area (Å²) in [4.78, 5) is 8.98. The van der Waals surface area contributed by atoms with Crippen LogP contribution in [0.5, 0.6) is 0 Å². The number of aromatic nitrogens is 2. The molecule has 3 heteroatoms. The molecule has 1 aromatic heterocycles. The van der Waals surface area contributed by atoms with Gasteiger partial charge < -0.3 is 5.32 Å². The molecule has 1 heterocycles. The van der Waals surface area contributed by atoms with E-state index in [1.165, 1.54) is 12.8 Å². The lowest BCUT2D eigenvalue weighted by molar-refractivity contribution is 0.504. The molecule has 17 heavy (non-hydrogen) atoms. The van der Waals surface area contributed by atoms with Gasteiger partial charge in [-0.05, 0) is 25.5 Å². The SMILES string of the molecule is CCCC(C)NCc1cnc2ccccc2n1. The van der Waals surface area contributed by atoms with Gasteiger partial charge in [-0.2, -0.15) is 0 Å². The summed E-state index contributed by atoms with van der Waals surface area (Å²) in [5, 5.41) is 3.46. The molecule has 3 nitrogen and oxygen atoms in total. The summed E-state index contributed by atoms with van der Waals surface area (Å²) >= 11 is 0. The van der Waals surface area contributed by atoms with Crippen molar-refractivity contribution in [3.63, 3.8) is 0 Å². The summed E-state index contributed by atoms with van der Waals surface area (Å²) in [6.07, 6.45) is 4.26. The third kappa shape index (κ3) is 3.24. The van der Waals surface area contributed by atoms with Crippen molar-refractivity contribution >= 4 is 11.0 Å². The van der Waals surface area contributed by atoms with Crippen molar-refractivity contribution in [2.24, 2.45) is 0 Å². The summed E-state index contributed by atoms with van der Waals surface area (Å²) in [6, 6.07) is 8.50. The van der Waals surface area contributed by atoms with Crippen LogP contribution in [0.2, 0.25) is 0 Å². The van der Waals surface area contributed by atoms with E-state index in [4.69, 9.17) is 0 Å². The third-order valence-corrected chi connectivity index (χ3v) is 2.85. The lowest BCUT2D eigenvalue weighted by Gasteiger charge is -2.12. The highest BCUT2D eigenvalue weighted by atomic mass is 14.9. The van der Waals surface area contributed by atoms with E-state index in [0.29, 0.717) is 6.04 Å². The van der Waals surface area contributed by atoms with Crippen LogP contribution in [0.15, 0.2) is 30.5 Å². The molecule has 1 N–H and O–H groups in total. The predicted octanol–water partition coefficient (Wildman–Crippen LogP) is 2.91. The van der Waals surface area contributed by atoms with Gasteiger partial charge in [0.15, 0.2) is 0 Å². The highest BCUT2D eigenvalue weighted by Crippen LogP contribution is 2.08. The van der Waals surface area contributed by atoms with Gasteiger partial charge in [-0.3, -0.25) is 4.98 Å². The Hall–Kier alpha value is -1.48. The minimum absolute atomic E-state index is 0.535. The van der Waals surface area contributed by atoms with Crippen LogP contribution in [-0.4, -0.2) is 16.0 Å². The maximum absolute atomic E-state index is 4.58. The Morgan fingerprint density at radius 3 is 2.76 bits per heavy atom. The van der Waals surface area contributed by atoms with Crippen molar-refractivity contribution in [2.75, 3.05) is 0 Å². The number of benzene rings is 1. The van der Waals surface area contributed by atoms with Crippen molar-refractivity contribution < 1.29 is 0 Å². The Labute approximate surface area is 102 Å². The van der Waals surface area contributed by atoms with E-state index in [-0.39, 0.29) is 0 Å². The lowest BCUT2D eigenvalue weighted by atomic mass is 10.2. The number of fused-ring (bicyclic) bond motifs is 1. The van der Waals surface area contributed by atoms with E-state index in [9.17, 15) is 0 Å². The molecule has 0 aliphatic heterocycles. The zero-order valence-corrected chi connectivity index (χ0v) is 10.5. The second kappa shape index (κ2) is 5.73. The summed E-state index contributed by atoms with van der Waals surface area (Å²) in [6.45, 7) is 5.20. The van der Waals surface area contributed by atoms with Crippen LogP contribution in [0.4, 0.5) is 0 Å². The Morgan fingerprint density at radius 2 is 2.00 bits per heavy atom. The topological polar surface area (TPSA) is 37.8 Å². The molecule has 0 saturated carbocycles. The first-order chi connectivity index (χ1) is 8.29. The fourth-order valence-electron chi connectivity index (χ4n) is 1.89. The van der Waals surface area contributed by atoms with Crippen LogP contribution in [0.3, 0.4) is 0 Å². The molecule has 0 amide bonds. The van der Waals surface area contributed by atoms with E-state index < -0.39 is 0 Å². The highest BCUT2D eigenvalue weighted by Gasteiger charge is 2.02. The molecule has 0 fully saturated rings. The standard InChI is InChI=1S/C14H19N3/c1-3-6-11(2)15-9-12-10-16-13-7-4-5-8-14(13)17-12/h4-5,7-8,10-11,15H,3,6,9H2,1-2H3. The van der Waals surface area contributed by atoms with E-state index in [1.807, 2.05) is 30.5 Å². The monoisotopic (exact) mass is 229 g/mol. The molecule has 1 atom stereocenters. The first-order valence-corrected chi connectivity index (χ1v) is 6.23. The summed E-state index contributed by atoms with van der Waals surface area (Å²) in [7, 11) is 0. The van der Waals surface area contributed by atoms with Crippen LogP contribution >= 0.6 is 0 Å². The zero-order chi connectivity index (χ0) is 12.1. The first-order valence-electron chi connectivity index (χ1n) is 6.23. The Morgan fingerprint density at radius 1 is 1.24 bits per heavy atom. The van der Waals surface area contributed by atoms with Gasteiger partial charge in [0.2, 0.25) is 0 Å². The van der Waals surface area contributed by atoms with Crippen LogP contribution in [0.25, 0.3) is 11.0 Å². The quantitative estimate of drug-likeness (QED) is 0.856. The van der Waals surface area contributed by atoms with Crippen molar-refractivity contribution in [1.82, 2.24) is 15.3 Å². The molecule has 1 unspecified atom stereocenters. The first kappa shape index (κ1) is 12.0. The Balaban J connectivity index is 2.04. The van der Waals surface area contributed by atoms with E-state index in [1.54, 1.807) is 0 Å². The molecular weight excluding hydrogens is 210 g/mol. The maximum atomic E-state index is 4.58. The second-order valence-electron chi connectivity index (χ2n) is 4.42. The molecule has 0 aliphatic rings. The Kier molecular flexibility index (Phi) is 4.04. The number of hydrogen-bond acceptors (Lipinski definition) is 3. The molecule has 0 radical (unpaired) electrons. The van der Waals surface area contributed by atoms with E-state index in [0.717, 1.165) is 23.3 Å². The van der Waals surface area contributed by atoms with Crippen molar-refractivity contribution in [3.8, 4) is 0 Å². The van der Waals surface area contributed by atoms with Crippen LogP contribution in [-0.2, 0) is 6.54 Å². The maximum Gasteiger partial charge on any atom is 0.0890 e. The van der Waals surface area contributed by atoms with Crippen molar-refractivity contribution in [2.45, 2.75) is 39.3 Å². The van der Waals surface area contributed by atoms with Crippen LogP contribution < -0.4 is 5.32 Å². The fourth-order valence-corrected chi connectivity index (χ4v) is 1.89. The number of nitrogens with one attached hydrogen (secondary N) is 1. The predicted molar refractivity (Wildman–Crippen MR) is 70.7 cm³/mol. The summed E-state index contributed by atoms with van der Waals surface area (Å²) in [5.74, 6) is 0. The number of nitrogens with zero attached hydrogens (tertiary/aromatic N) is 2. The molecular formula is C14H19N3. The smallest absolute Gasteiger partial charge is 0.0890 e. The van der Waals surface area contributed by atoms with Gasteiger partial charge >= 0.3 is 0 Å². The van der Waals surface area contributed by atoms with Crippen LogP contribution in [0.1, 0.15) is 32.4 Å². The van der Waals surface area contributed by atoms with E-state index >= 15 is 0 Å². The van der Waals surface area contributed by atoms with Gasteiger partial charge in [0.25, 0.3) is 0 Å². The largest absolute Gasteiger partial charge is 0.309 e. The minimum Gasteiger partial charge on any atom is -0.309 e. The molecule has 1 aromatic carbocycles. The minimum atomic E-state index is 0.535. The highest BCUT2D eigenvalue weighted by molar-refractivity contribution is 5.73. The molecule has 0 bridgehead atoms. The molecule has 90 valence electrons. The van der Waals surface area contributed by atoms with Gasteiger partial charge in [0.1, 0.15) is 0 Å². The van der Waals surface area contributed by atoms with Crippen molar-refractivity contribution in [3.05, 3.63) is 36.2 Å². The van der Waals surface area contributed by atoms with Gasteiger partial charge in [-0.1, -0.05) is 25.5 Å². The zero-order valence-electron chi connectivity index (χ0n) is 10.5. The van der Waals surface area contributed by atoms with Crippen molar-refractivity contribution in [1.29, 1.82) is 0 Å². The third-order valence-electron chi connectivity index (χ3n) is 2.85. The molecule has 0 spiro atoms. The summed E-state index contributed by atoms with van der Waals surface area (Å²) < 4.78 is 0. The fraction of sp³-hybridized carbons (Fsp3) is 0.429. The molecule has 2 rings (SSSR count). The molecule has 2 aromatic rings. The Bertz CT molecular complexity index is 482. The molecule has 0 aliphatic carbocycles. The van der Waals surface area contributed by atoms with E-state index in [2.05, 4.69) is 29.1 Å².